The maximum absolute atomic E-state index is 12.5. The van der Waals surface area contributed by atoms with Crippen LogP contribution in [0.5, 0.6) is 5.75 Å². The van der Waals surface area contributed by atoms with Gasteiger partial charge in [-0.1, -0.05) is 54.2 Å². The maximum Gasteiger partial charge on any atom is 0.237 e. The summed E-state index contributed by atoms with van der Waals surface area (Å²) in [5.74, 6) is 0.574. The topological polar surface area (TPSA) is 67.0 Å². The molecule has 6 heteroatoms. The molecule has 1 amide bonds. The minimum Gasteiger partial charge on any atom is -0.492 e. The number of aromatic amines is 1. The van der Waals surface area contributed by atoms with Crippen LogP contribution in [0, 0.1) is 0 Å². The lowest BCUT2D eigenvalue weighted by molar-refractivity contribution is -0.115. The zero-order valence-electron chi connectivity index (χ0n) is 14.7. The van der Waals surface area contributed by atoms with Gasteiger partial charge in [0.05, 0.1) is 29.4 Å². The van der Waals surface area contributed by atoms with E-state index in [9.17, 15) is 4.79 Å². The number of nitrogens with one attached hydrogen (secondary N) is 2. The van der Waals surface area contributed by atoms with Gasteiger partial charge in [0.1, 0.15) is 5.75 Å². The SMILES string of the molecule is CCOc1ccccc1NC(=O)[C@H](C)Sc1ncc(-c2ccccc2)[nH]1. The van der Waals surface area contributed by atoms with Crippen molar-refractivity contribution in [2.45, 2.75) is 24.3 Å². The average Bonchev–Trinajstić information content (AvgIpc) is 3.13. The molecule has 1 aromatic heterocycles. The molecular formula is C20H21N3O2S. The van der Waals surface area contributed by atoms with Gasteiger partial charge >= 0.3 is 0 Å². The molecule has 0 aliphatic rings. The van der Waals surface area contributed by atoms with Crippen molar-refractivity contribution in [3.63, 3.8) is 0 Å². The van der Waals surface area contributed by atoms with Crippen molar-refractivity contribution in [3.8, 4) is 17.0 Å². The molecule has 0 radical (unpaired) electrons. The third kappa shape index (κ3) is 4.46. The molecule has 2 N–H and O–H groups in total. The van der Waals surface area contributed by atoms with E-state index in [-0.39, 0.29) is 11.2 Å². The van der Waals surface area contributed by atoms with Crippen LogP contribution in [-0.4, -0.2) is 27.7 Å². The predicted molar refractivity (Wildman–Crippen MR) is 106 cm³/mol. The summed E-state index contributed by atoms with van der Waals surface area (Å²) in [6.45, 7) is 4.32. The largest absolute Gasteiger partial charge is 0.492 e. The second-order valence-corrected chi connectivity index (χ2v) is 6.98. The van der Waals surface area contributed by atoms with E-state index in [0.29, 0.717) is 23.2 Å². The van der Waals surface area contributed by atoms with Crippen LogP contribution in [0.1, 0.15) is 13.8 Å². The number of H-pyrrole nitrogens is 1. The number of anilines is 1. The van der Waals surface area contributed by atoms with Crippen LogP contribution in [0.4, 0.5) is 5.69 Å². The quantitative estimate of drug-likeness (QED) is 0.599. The lowest BCUT2D eigenvalue weighted by Gasteiger charge is -2.14. The normalized spacial score (nSPS) is 11.8. The number of thioether (sulfide) groups is 1. The number of nitrogens with zero attached hydrogens (tertiary/aromatic N) is 1. The second-order valence-electron chi connectivity index (χ2n) is 5.65. The maximum atomic E-state index is 12.5. The molecule has 26 heavy (non-hydrogen) atoms. The van der Waals surface area contributed by atoms with Gasteiger partial charge in [0.15, 0.2) is 5.16 Å². The third-order valence-electron chi connectivity index (χ3n) is 3.74. The molecule has 2 aromatic carbocycles. The van der Waals surface area contributed by atoms with Crippen molar-refractivity contribution in [1.29, 1.82) is 0 Å². The number of amides is 1. The van der Waals surface area contributed by atoms with Crippen LogP contribution in [0.25, 0.3) is 11.3 Å². The number of aromatic nitrogens is 2. The highest BCUT2D eigenvalue weighted by atomic mass is 32.2. The first-order valence-electron chi connectivity index (χ1n) is 8.47. The van der Waals surface area contributed by atoms with Crippen LogP contribution in [-0.2, 0) is 4.79 Å². The van der Waals surface area contributed by atoms with Crippen LogP contribution in [0.15, 0.2) is 66.0 Å². The van der Waals surface area contributed by atoms with E-state index in [1.54, 1.807) is 6.20 Å². The van der Waals surface area contributed by atoms with Crippen molar-refractivity contribution in [2.24, 2.45) is 0 Å². The molecule has 0 aliphatic carbocycles. The summed E-state index contributed by atoms with van der Waals surface area (Å²) in [7, 11) is 0. The first kappa shape index (κ1) is 18.1. The van der Waals surface area contributed by atoms with Crippen LogP contribution in [0.2, 0.25) is 0 Å². The molecule has 0 spiro atoms. The Hall–Kier alpha value is -2.73. The molecular weight excluding hydrogens is 346 g/mol. The molecule has 3 aromatic rings. The van der Waals surface area contributed by atoms with Gasteiger partial charge in [-0.2, -0.15) is 0 Å². The Kier molecular flexibility index (Phi) is 5.96. The Morgan fingerprint density at radius 1 is 1.19 bits per heavy atom. The molecule has 0 fully saturated rings. The van der Waals surface area contributed by atoms with Gasteiger partial charge < -0.3 is 15.0 Å². The summed E-state index contributed by atoms with van der Waals surface area (Å²) in [4.78, 5) is 20.2. The Morgan fingerprint density at radius 3 is 2.69 bits per heavy atom. The van der Waals surface area contributed by atoms with Gasteiger partial charge in [0.2, 0.25) is 5.91 Å². The van der Waals surface area contributed by atoms with E-state index in [2.05, 4.69) is 15.3 Å². The standard InChI is InChI=1S/C20H21N3O2S/c1-3-25-18-12-8-7-11-16(18)22-19(24)14(2)26-20-21-13-17(23-20)15-9-5-4-6-10-15/h4-14H,3H2,1-2H3,(H,21,23)(H,22,24)/t14-/m0/s1. The number of imidazole rings is 1. The minimum absolute atomic E-state index is 0.0974. The summed E-state index contributed by atoms with van der Waals surface area (Å²) < 4.78 is 5.55. The Morgan fingerprint density at radius 2 is 1.92 bits per heavy atom. The van der Waals surface area contributed by atoms with Crippen LogP contribution >= 0.6 is 11.8 Å². The molecule has 1 atom stereocenters. The molecule has 0 saturated heterocycles. The summed E-state index contributed by atoms with van der Waals surface area (Å²) in [5, 5.41) is 3.33. The third-order valence-corrected chi connectivity index (χ3v) is 4.74. The molecule has 0 saturated carbocycles. The molecule has 0 bridgehead atoms. The van der Waals surface area contributed by atoms with E-state index in [4.69, 9.17) is 4.74 Å². The van der Waals surface area contributed by atoms with Crippen molar-refractivity contribution in [1.82, 2.24) is 9.97 Å². The molecule has 134 valence electrons. The van der Waals surface area contributed by atoms with Gasteiger partial charge in [-0.15, -0.1) is 0 Å². The Labute approximate surface area is 157 Å². The molecule has 1 heterocycles. The number of hydrogen-bond acceptors (Lipinski definition) is 4. The number of carbonyl (C=O) groups is 1. The van der Waals surface area contributed by atoms with Crippen molar-refractivity contribution < 1.29 is 9.53 Å². The zero-order valence-corrected chi connectivity index (χ0v) is 15.5. The van der Waals surface area contributed by atoms with Gasteiger partial charge in [-0.3, -0.25) is 4.79 Å². The number of ether oxygens (including phenoxy) is 1. The van der Waals surface area contributed by atoms with Crippen molar-refractivity contribution in [3.05, 3.63) is 60.8 Å². The van der Waals surface area contributed by atoms with E-state index < -0.39 is 0 Å². The molecule has 0 unspecified atom stereocenters. The fraction of sp³-hybridized carbons (Fsp3) is 0.200. The monoisotopic (exact) mass is 367 g/mol. The van der Waals surface area contributed by atoms with E-state index >= 15 is 0 Å². The lowest BCUT2D eigenvalue weighted by atomic mass is 10.2. The number of benzene rings is 2. The van der Waals surface area contributed by atoms with Crippen LogP contribution < -0.4 is 10.1 Å². The summed E-state index contributed by atoms with van der Waals surface area (Å²) >= 11 is 1.39. The minimum atomic E-state index is -0.306. The number of rotatable bonds is 7. The van der Waals surface area contributed by atoms with Crippen LogP contribution in [0.3, 0.4) is 0 Å². The van der Waals surface area contributed by atoms with Crippen molar-refractivity contribution >= 4 is 23.4 Å². The van der Waals surface area contributed by atoms with Gasteiger partial charge in [0.25, 0.3) is 0 Å². The average molecular weight is 367 g/mol. The lowest BCUT2D eigenvalue weighted by Crippen LogP contribution is -2.22. The van der Waals surface area contributed by atoms with Crippen molar-refractivity contribution in [2.75, 3.05) is 11.9 Å². The van der Waals surface area contributed by atoms with E-state index in [0.717, 1.165) is 11.3 Å². The Balaban J connectivity index is 1.64. The fourth-order valence-corrected chi connectivity index (χ4v) is 3.22. The summed E-state index contributed by atoms with van der Waals surface area (Å²) in [6, 6.07) is 17.4. The smallest absolute Gasteiger partial charge is 0.237 e. The molecule has 0 aliphatic heterocycles. The van der Waals surface area contributed by atoms with E-state index in [1.165, 1.54) is 11.8 Å². The first-order valence-corrected chi connectivity index (χ1v) is 9.35. The predicted octanol–water partition coefficient (Wildman–Crippen LogP) is 4.59. The van der Waals surface area contributed by atoms with Gasteiger partial charge in [0, 0.05) is 0 Å². The summed E-state index contributed by atoms with van der Waals surface area (Å²) in [6.07, 6.45) is 1.78. The fourth-order valence-electron chi connectivity index (χ4n) is 2.43. The van der Waals surface area contributed by atoms with E-state index in [1.807, 2.05) is 68.4 Å². The highest BCUT2D eigenvalue weighted by Crippen LogP contribution is 2.27. The molecule has 5 nitrogen and oxygen atoms in total. The van der Waals surface area contributed by atoms with Gasteiger partial charge in [-0.25, -0.2) is 4.98 Å². The number of hydrogen-bond donors (Lipinski definition) is 2. The van der Waals surface area contributed by atoms with Gasteiger partial charge in [-0.05, 0) is 31.5 Å². The molecule has 3 rings (SSSR count). The second kappa shape index (κ2) is 8.58. The number of carbonyl (C=O) groups excluding carboxylic acids is 1. The Bertz CT molecular complexity index is 864. The first-order chi connectivity index (χ1) is 12.7. The zero-order chi connectivity index (χ0) is 18.4. The highest BCUT2D eigenvalue weighted by Gasteiger charge is 2.18. The number of para-hydroxylation sites is 2. The highest BCUT2D eigenvalue weighted by molar-refractivity contribution is 8.00. The summed E-state index contributed by atoms with van der Waals surface area (Å²) in [5.41, 5.74) is 2.67.